The lowest BCUT2D eigenvalue weighted by Gasteiger charge is -2.33. The average Bonchev–Trinajstić information content (AvgIpc) is 2.77. The van der Waals surface area contributed by atoms with Gasteiger partial charge in [-0.25, -0.2) is 4.39 Å². The van der Waals surface area contributed by atoms with E-state index in [0.717, 1.165) is 18.2 Å². The average molecular weight is 500 g/mol. The summed E-state index contributed by atoms with van der Waals surface area (Å²) < 4.78 is 94.5. The maximum Gasteiger partial charge on any atom is 0.430 e. The lowest BCUT2D eigenvalue weighted by atomic mass is 9.88. The number of carbonyl (C=O) groups is 1. The van der Waals surface area contributed by atoms with E-state index in [-0.39, 0.29) is 11.3 Å². The number of halogens is 7. The molecule has 35 heavy (non-hydrogen) atoms. The zero-order valence-corrected chi connectivity index (χ0v) is 18.3. The van der Waals surface area contributed by atoms with Gasteiger partial charge in [0.1, 0.15) is 5.82 Å². The van der Waals surface area contributed by atoms with Crippen molar-refractivity contribution in [1.29, 1.82) is 0 Å². The Balaban J connectivity index is 2.13. The van der Waals surface area contributed by atoms with Gasteiger partial charge in [0.15, 0.2) is 0 Å². The molecule has 0 aliphatic carbocycles. The van der Waals surface area contributed by atoms with Crippen LogP contribution in [0.4, 0.5) is 30.7 Å². The van der Waals surface area contributed by atoms with Gasteiger partial charge in [-0.05, 0) is 61.4 Å². The van der Waals surface area contributed by atoms with E-state index in [1.807, 2.05) is 0 Å². The highest BCUT2D eigenvalue weighted by molar-refractivity contribution is 5.96. The third-order valence-corrected chi connectivity index (χ3v) is 5.36. The summed E-state index contributed by atoms with van der Waals surface area (Å²) in [6.07, 6.45) is -10.9. The van der Waals surface area contributed by atoms with E-state index in [2.05, 4.69) is 10.3 Å². The number of pyridine rings is 1. The number of rotatable bonds is 5. The first-order chi connectivity index (χ1) is 16.1. The van der Waals surface area contributed by atoms with Crippen molar-refractivity contribution in [1.82, 2.24) is 10.3 Å². The second kappa shape index (κ2) is 9.29. The van der Waals surface area contributed by atoms with Crippen LogP contribution < -0.4 is 5.32 Å². The molecule has 0 aliphatic rings. The number of benzene rings is 2. The second-order valence-corrected chi connectivity index (χ2v) is 7.97. The summed E-state index contributed by atoms with van der Waals surface area (Å²) in [6, 6.07) is 9.03. The summed E-state index contributed by atoms with van der Waals surface area (Å²) in [6.45, 7) is 3.17. The Kier molecular flexibility index (Phi) is 6.94. The lowest BCUT2D eigenvalue weighted by molar-refractivity contribution is -0.376. The predicted octanol–water partition coefficient (Wildman–Crippen LogP) is 6.00. The fourth-order valence-electron chi connectivity index (χ4n) is 3.36. The molecule has 2 N–H and O–H groups in total. The van der Waals surface area contributed by atoms with Crippen LogP contribution in [0.25, 0.3) is 11.3 Å². The van der Waals surface area contributed by atoms with Gasteiger partial charge in [0.2, 0.25) is 0 Å². The van der Waals surface area contributed by atoms with Crippen LogP contribution >= 0.6 is 0 Å². The molecule has 3 rings (SSSR count). The van der Waals surface area contributed by atoms with Gasteiger partial charge in [-0.15, -0.1) is 0 Å². The van der Waals surface area contributed by atoms with Crippen LogP contribution in [-0.4, -0.2) is 28.4 Å². The zero-order chi connectivity index (χ0) is 26.2. The van der Waals surface area contributed by atoms with Gasteiger partial charge < -0.3 is 10.4 Å². The Bertz CT molecular complexity index is 1190. The number of aromatic nitrogens is 1. The topological polar surface area (TPSA) is 62.2 Å². The van der Waals surface area contributed by atoms with Crippen LogP contribution in [0.2, 0.25) is 0 Å². The SMILES string of the molecule is Cc1ccc(-c2cc(C(=O)N[C@H](C)c3ccc(F)cc3)cc(C(O)(C(F)(F)F)C(F)(F)F)c2)nc1. The van der Waals surface area contributed by atoms with Crippen LogP contribution in [0.5, 0.6) is 0 Å². The Labute approximate surface area is 195 Å². The van der Waals surface area contributed by atoms with Crippen molar-refractivity contribution in [3.63, 3.8) is 0 Å². The Morgan fingerprint density at radius 3 is 2.06 bits per heavy atom. The molecule has 4 nitrogen and oxygen atoms in total. The molecule has 0 spiro atoms. The van der Waals surface area contributed by atoms with Crippen LogP contribution in [0.3, 0.4) is 0 Å². The first kappa shape index (κ1) is 26.1. The minimum atomic E-state index is -6.14. The van der Waals surface area contributed by atoms with Crippen molar-refractivity contribution in [2.45, 2.75) is 37.8 Å². The van der Waals surface area contributed by atoms with Gasteiger partial charge in [-0.3, -0.25) is 9.78 Å². The van der Waals surface area contributed by atoms with Gasteiger partial charge in [0.05, 0.1) is 11.7 Å². The predicted molar refractivity (Wildman–Crippen MR) is 113 cm³/mol. The number of aliphatic hydroxyl groups is 1. The molecule has 1 heterocycles. The molecule has 2 aromatic carbocycles. The summed E-state index contributed by atoms with van der Waals surface area (Å²) in [4.78, 5) is 16.9. The first-order valence-electron chi connectivity index (χ1n) is 10.1. The van der Waals surface area contributed by atoms with E-state index in [4.69, 9.17) is 0 Å². The summed E-state index contributed by atoms with van der Waals surface area (Å²) in [5.74, 6) is -1.54. The molecule has 1 atom stereocenters. The van der Waals surface area contributed by atoms with Crippen molar-refractivity contribution >= 4 is 5.91 Å². The molecule has 0 bridgehead atoms. The lowest BCUT2D eigenvalue weighted by Crippen LogP contribution is -2.54. The molecule has 1 amide bonds. The molecular formula is C24H19F7N2O2. The number of nitrogens with zero attached hydrogens (tertiary/aromatic N) is 1. The van der Waals surface area contributed by atoms with E-state index in [1.54, 1.807) is 6.92 Å². The molecule has 0 unspecified atom stereocenters. The summed E-state index contributed by atoms with van der Waals surface area (Å²) in [5, 5.41) is 12.4. The van der Waals surface area contributed by atoms with E-state index >= 15 is 0 Å². The number of alkyl halides is 6. The largest absolute Gasteiger partial charge is 0.430 e. The summed E-state index contributed by atoms with van der Waals surface area (Å²) >= 11 is 0. The summed E-state index contributed by atoms with van der Waals surface area (Å²) in [7, 11) is 0. The van der Waals surface area contributed by atoms with Crippen LogP contribution in [-0.2, 0) is 5.60 Å². The molecule has 3 aromatic rings. The highest BCUT2D eigenvalue weighted by Gasteiger charge is 2.71. The summed E-state index contributed by atoms with van der Waals surface area (Å²) in [5.41, 5.74) is -6.52. The molecule has 0 saturated carbocycles. The molecular weight excluding hydrogens is 481 g/mol. The molecule has 186 valence electrons. The standard InChI is InChI=1S/C24H19F7N2O2/c1-13-3-8-20(32-12-13)16-9-17(21(34)33-14(2)15-4-6-19(25)7-5-15)11-18(10-16)22(35,23(26,27)28)24(29,30)31/h3-12,14,35H,1-2H3,(H,33,34)/t14-/m1/s1. The third-order valence-electron chi connectivity index (χ3n) is 5.36. The second-order valence-electron chi connectivity index (χ2n) is 7.97. The number of amides is 1. The maximum absolute atomic E-state index is 13.6. The minimum absolute atomic E-state index is 0.00946. The van der Waals surface area contributed by atoms with Gasteiger partial charge in [0.25, 0.3) is 11.5 Å². The van der Waals surface area contributed by atoms with Crippen LogP contribution in [0.1, 0.15) is 40.0 Å². The van der Waals surface area contributed by atoms with Gasteiger partial charge in [-0.2, -0.15) is 26.3 Å². The number of aryl methyl sites for hydroxylation is 1. The number of hydrogen-bond acceptors (Lipinski definition) is 3. The molecule has 0 radical (unpaired) electrons. The van der Waals surface area contributed by atoms with Crippen LogP contribution in [0.15, 0.2) is 60.8 Å². The quantitative estimate of drug-likeness (QED) is 0.423. The van der Waals surface area contributed by atoms with Crippen molar-refractivity contribution in [3.05, 3.63) is 88.9 Å². The minimum Gasteiger partial charge on any atom is -0.369 e. The van der Waals surface area contributed by atoms with Crippen LogP contribution in [0, 0.1) is 12.7 Å². The molecule has 0 aliphatic heterocycles. The fourth-order valence-corrected chi connectivity index (χ4v) is 3.36. The van der Waals surface area contributed by atoms with Crippen molar-refractivity contribution in [3.8, 4) is 11.3 Å². The number of carbonyl (C=O) groups excluding carboxylic acids is 1. The first-order valence-corrected chi connectivity index (χ1v) is 10.1. The fraction of sp³-hybridized carbons (Fsp3) is 0.250. The molecule has 0 fully saturated rings. The number of hydrogen-bond donors (Lipinski definition) is 2. The van der Waals surface area contributed by atoms with Gasteiger partial charge in [-0.1, -0.05) is 18.2 Å². The van der Waals surface area contributed by atoms with E-state index < -0.39 is 46.8 Å². The number of nitrogens with one attached hydrogen (secondary N) is 1. The highest BCUT2D eigenvalue weighted by Crippen LogP contribution is 2.50. The van der Waals surface area contributed by atoms with Crippen molar-refractivity contribution in [2.75, 3.05) is 0 Å². The smallest absolute Gasteiger partial charge is 0.369 e. The Morgan fingerprint density at radius 1 is 0.943 bits per heavy atom. The van der Waals surface area contributed by atoms with E-state index in [9.17, 15) is 40.6 Å². The van der Waals surface area contributed by atoms with Gasteiger partial charge in [0, 0.05) is 22.9 Å². The van der Waals surface area contributed by atoms with E-state index in [1.165, 1.54) is 37.4 Å². The Hall–Kier alpha value is -3.47. The highest BCUT2D eigenvalue weighted by atomic mass is 19.4. The molecule has 1 aromatic heterocycles. The van der Waals surface area contributed by atoms with Crippen molar-refractivity contribution in [2.24, 2.45) is 0 Å². The van der Waals surface area contributed by atoms with Gasteiger partial charge >= 0.3 is 12.4 Å². The Morgan fingerprint density at radius 2 is 1.54 bits per heavy atom. The van der Waals surface area contributed by atoms with Crippen molar-refractivity contribution < 1.29 is 40.6 Å². The third kappa shape index (κ3) is 5.29. The maximum atomic E-state index is 13.6. The zero-order valence-electron chi connectivity index (χ0n) is 18.3. The normalized spacial score (nSPS) is 13.4. The molecule has 0 saturated heterocycles. The monoisotopic (exact) mass is 500 g/mol. The van der Waals surface area contributed by atoms with E-state index in [0.29, 0.717) is 23.3 Å². The molecule has 11 heteroatoms.